The predicted octanol–water partition coefficient (Wildman–Crippen LogP) is 3.24. The Morgan fingerprint density at radius 2 is 2.06 bits per heavy atom. The van der Waals surface area contributed by atoms with Gasteiger partial charge in [-0.15, -0.1) is 0 Å². The Bertz CT molecular complexity index is 419. The monoisotopic (exact) mass is 220 g/mol. The number of aryl methyl sites for hydroxylation is 1. The molecule has 16 heavy (non-hydrogen) atoms. The topological polar surface area (TPSA) is 46.5 Å². The molecule has 0 heterocycles. The summed E-state index contributed by atoms with van der Waals surface area (Å²) in [6, 6.07) is 4.81. The number of carbonyl (C=O) groups is 1. The van der Waals surface area contributed by atoms with Crippen molar-refractivity contribution in [2.24, 2.45) is 5.92 Å². The molecule has 0 unspecified atom stereocenters. The predicted molar refractivity (Wildman–Crippen MR) is 62.7 cm³/mol. The molecule has 0 radical (unpaired) electrons. The van der Waals surface area contributed by atoms with Crippen LogP contribution >= 0.6 is 0 Å². The van der Waals surface area contributed by atoms with Gasteiger partial charge in [0, 0.05) is 5.92 Å². The van der Waals surface area contributed by atoms with E-state index in [1.807, 2.05) is 20.8 Å². The maximum Gasteiger partial charge on any atom is 0.335 e. The highest BCUT2D eigenvalue weighted by Gasteiger charge is 2.09. The maximum atomic E-state index is 10.8. The third-order valence-electron chi connectivity index (χ3n) is 2.32. The number of aromatic carboxylic acids is 1. The van der Waals surface area contributed by atoms with E-state index in [-0.39, 0.29) is 11.5 Å². The van der Waals surface area contributed by atoms with Crippen molar-refractivity contribution in [3.05, 3.63) is 41.7 Å². The van der Waals surface area contributed by atoms with Crippen molar-refractivity contribution in [2.45, 2.75) is 20.8 Å². The van der Waals surface area contributed by atoms with Crippen LogP contribution in [0.2, 0.25) is 0 Å². The van der Waals surface area contributed by atoms with Gasteiger partial charge < -0.3 is 9.84 Å². The first-order valence-electron chi connectivity index (χ1n) is 5.12. The lowest BCUT2D eigenvalue weighted by molar-refractivity contribution is 0.0696. The van der Waals surface area contributed by atoms with Crippen LogP contribution < -0.4 is 4.74 Å². The standard InChI is InChI=1S/C13H16O3/c1-8(2)10(4)16-12-7-11(13(14)15)6-5-9(12)3/h5-8H,4H2,1-3H3,(H,14,15). The lowest BCUT2D eigenvalue weighted by Crippen LogP contribution is -2.04. The van der Waals surface area contributed by atoms with Crippen molar-refractivity contribution in [3.63, 3.8) is 0 Å². The molecular formula is C13H16O3. The van der Waals surface area contributed by atoms with E-state index in [1.165, 1.54) is 6.07 Å². The number of allylic oxidation sites excluding steroid dienone is 1. The van der Waals surface area contributed by atoms with Gasteiger partial charge in [0.25, 0.3) is 0 Å². The Hall–Kier alpha value is -1.77. The van der Waals surface area contributed by atoms with Crippen molar-refractivity contribution < 1.29 is 14.6 Å². The fourth-order valence-corrected chi connectivity index (χ4v) is 1.10. The molecule has 0 saturated heterocycles. The van der Waals surface area contributed by atoms with Gasteiger partial charge in [-0.05, 0) is 24.6 Å². The molecule has 0 fully saturated rings. The van der Waals surface area contributed by atoms with Gasteiger partial charge in [0.2, 0.25) is 0 Å². The number of carboxylic acid groups (broad SMARTS) is 1. The van der Waals surface area contributed by atoms with E-state index in [2.05, 4.69) is 6.58 Å². The molecule has 0 amide bonds. The molecule has 0 aliphatic carbocycles. The summed E-state index contributed by atoms with van der Waals surface area (Å²) in [5.74, 6) is 0.428. The van der Waals surface area contributed by atoms with Crippen molar-refractivity contribution in [3.8, 4) is 5.75 Å². The first-order chi connectivity index (χ1) is 7.41. The molecular weight excluding hydrogens is 204 g/mol. The van der Waals surface area contributed by atoms with E-state index >= 15 is 0 Å². The number of hydrogen-bond donors (Lipinski definition) is 1. The molecule has 0 spiro atoms. The SMILES string of the molecule is C=C(Oc1cc(C(=O)O)ccc1C)C(C)C. The van der Waals surface area contributed by atoms with Crippen LogP contribution in [0.3, 0.4) is 0 Å². The number of rotatable bonds is 4. The molecule has 0 aromatic heterocycles. The highest BCUT2D eigenvalue weighted by atomic mass is 16.5. The van der Waals surface area contributed by atoms with Crippen molar-refractivity contribution in [1.29, 1.82) is 0 Å². The molecule has 0 atom stereocenters. The van der Waals surface area contributed by atoms with Gasteiger partial charge in [-0.3, -0.25) is 0 Å². The average molecular weight is 220 g/mol. The quantitative estimate of drug-likeness (QED) is 0.792. The summed E-state index contributed by atoms with van der Waals surface area (Å²) in [5, 5.41) is 8.87. The second-order valence-electron chi connectivity index (χ2n) is 4.01. The fourth-order valence-electron chi connectivity index (χ4n) is 1.10. The fraction of sp³-hybridized carbons (Fsp3) is 0.308. The van der Waals surface area contributed by atoms with Crippen LogP contribution in [-0.4, -0.2) is 11.1 Å². The third-order valence-corrected chi connectivity index (χ3v) is 2.32. The van der Waals surface area contributed by atoms with Gasteiger partial charge >= 0.3 is 5.97 Å². The number of hydrogen-bond acceptors (Lipinski definition) is 2. The molecule has 0 aliphatic rings. The molecule has 1 N–H and O–H groups in total. The molecule has 86 valence electrons. The summed E-state index contributed by atoms with van der Waals surface area (Å²) in [5.41, 5.74) is 1.11. The maximum absolute atomic E-state index is 10.8. The number of ether oxygens (including phenoxy) is 1. The van der Waals surface area contributed by atoms with E-state index in [9.17, 15) is 4.79 Å². The van der Waals surface area contributed by atoms with Crippen molar-refractivity contribution >= 4 is 5.97 Å². The normalized spacial score (nSPS) is 10.2. The summed E-state index contributed by atoms with van der Waals surface area (Å²) in [6.45, 7) is 9.61. The summed E-state index contributed by atoms with van der Waals surface area (Å²) in [7, 11) is 0. The summed E-state index contributed by atoms with van der Waals surface area (Å²) in [4.78, 5) is 10.8. The lowest BCUT2D eigenvalue weighted by Gasteiger charge is -2.14. The van der Waals surface area contributed by atoms with E-state index in [4.69, 9.17) is 9.84 Å². The van der Waals surface area contributed by atoms with Crippen molar-refractivity contribution in [2.75, 3.05) is 0 Å². The smallest absolute Gasteiger partial charge is 0.335 e. The molecule has 0 bridgehead atoms. The van der Waals surface area contributed by atoms with Crippen molar-refractivity contribution in [1.82, 2.24) is 0 Å². The molecule has 0 saturated carbocycles. The highest BCUT2D eigenvalue weighted by Crippen LogP contribution is 2.23. The zero-order chi connectivity index (χ0) is 12.3. The lowest BCUT2D eigenvalue weighted by atomic mass is 10.1. The van der Waals surface area contributed by atoms with E-state index in [0.717, 1.165) is 5.56 Å². The Morgan fingerprint density at radius 3 is 2.56 bits per heavy atom. The molecule has 3 heteroatoms. The highest BCUT2D eigenvalue weighted by molar-refractivity contribution is 5.88. The van der Waals surface area contributed by atoms with Crippen LogP contribution in [0.15, 0.2) is 30.5 Å². The van der Waals surface area contributed by atoms with Gasteiger partial charge in [0.1, 0.15) is 5.75 Å². The molecule has 1 aromatic rings. The van der Waals surface area contributed by atoms with Crippen LogP contribution in [0.5, 0.6) is 5.75 Å². The Balaban J connectivity index is 2.99. The number of carboxylic acids is 1. The Morgan fingerprint density at radius 1 is 1.44 bits per heavy atom. The molecule has 0 aliphatic heterocycles. The zero-order valence-corrected chi connectivity index (χ0v) is 9.78. The first kappa shape index (κ1) is 12.3. The third kappa shape index (κ3) is 2.86. The van der Waals surface area contributed by atoms with Crippen LogP contribution in [0.1, 0.15) is 29.8 Å². The summed E-state index contributed by atoms with van der Waals surface area (Å²) < 4.78 is 5.54. The van der Waals surface area contributed by atoms with Gasteiger partial charge in [-0.1, -0.05) is 26.5 Å². The molecule has 1 aromatic carbocycles. The Labute approximate surface area is 95.4 Å². The Kier molecular flexibility index (Phi) is 3.72. The van der Waals surface area contributed by atoms with E-state index < -0.39 is 5.97 Å². The van der Waals surface area contributed by atoms with Crippen LogP contribution in [-0.2, 0) is 0 Å². The minimum atomic E-state index is -0.958. The summed E-state index contributed by atoms with van der Waals surface area (Å²) in [6.07, 6.45) is 0. The first-order valence-corrected chi connectivity index (χ1v) is 5.12. The molecule has 1 rings (SSSR count). The van der Waals surface area contributed by atoms with Crippen LogP contribution in [0, 0.1) is 12.8 Å². The second-order valence-corrected chi connectivity index (χ2v) is 4.01. The van der Waals surface area contributed by atoms with E-state index in [1.54, 1.807) is 12.1 Å². The van der Waals surface area contributed by atoms with Gasteiger partial charge in [0.15, 0.2) is 0 Å². The van der Waals surface area contributed by atoms with Crippen LogP contribution in [0.4, 0.5) is 0 Å². The minimum absolute atomic E-state index is 0.202. The average Bonchev–Trinajstić information content (AvgIpc) is 2.20. The van der Waals surface area contributed by atoms with Gasteiger partial charge in [0.05, 0.1) is 11.3 Å². The zero-order valence-electron chi connectivity index (χ0n) is 9.78. The van der Waals surface area contributed by atoms with E-state index in [0.29, 0.717) is 11.5 Å². The number of benzene rings is 1. The molecule has 3 nitrogen and oxygen atoms in total. The van der Waals surface area contributed by atoms with Crippen LogP contribution in [0.25, 0.3) is 0 Å². The van der Waals surface area contributed by atoms with Gasteiger partial charge in [-0.25, -0.2) is 4.79 Å². The largest absolute Gasteiger partial charge is 0.478 e. The van der Waals surface area contributed by atoms with Gasteiger partial charge in [-0.2, -0.15) is 0 Å². The minimum Gasteiger partial charge on any atom is -0.478 e. The summed E-state index contributed by atoms with van der Waals surface area (Å²) >= 11 is 0. The second kappa shape index (κ2) is 4.84.